The Morgan fingerprint density at radius 2 is 2.31 bits per heavy atom. The van der Waals surface area contributed by atoms with Gasteiger partial charge in [-0.15, -0.1) is 11.3 Å². The van der Waals surface area contributed by atoms with E-state index in [1.165, 1.54) is 4.88 Å². The summed E-state index contributed by atoms with van der Waals surface area (Å²) >= 11 is 5.22. The first-order valence-corrected chi connectivity index (χ1v) is 7.24. The fourth-order valence-electron chi connectivity index (χ4n) is 1.91. The standard InChI is InChI=1S/C11H17BrN2OS/c12-8-3-11(16-7-8)6-14-5-10-2-1-9(4-13)15-10/h3,7,9-10,14H,1-2,4-6,13H2. The third-order valence-electron chi connectivity index (χ3n) is 2.75. The van der Waals surface area contributed by atoms with Gasteiger partial charge in [-0.05, 0) is 34.8 Å². The van der Waals surface area contributed by atoms with Crippen molar-refractivity contribution in [2.24, 2.45) is 5.73 Å². The summed E-state index contributed by atoms with van der Waals surface area (Å²) in [6.07, 6.45) is 2.86. The predicted molar refractivity (Wildman–Crippen MR) is 70.7 cm³/mol. The molecular formula is C11H17BrN2OS. The minimum absolute atomic E-state index is 0.280. The summed E-state index contributed by atoms with van der Waals surface area (Å²) in [5.74, 6) is 0. The maximum absolute atomic E-state index is 5.76. The lowest BCUT2D eigenvalue weighted by Gasteiger charge is -2.12. The minimum atomic E-state index is 0.280. The molecule has 0 saturated carbocycles. The molecule has 0 aromatic carbocycles. The molecule has 90 valence electrons. The number of ether oxygens (including phenoxy) is 1. The zero-order valence-electron chi connectivity index (χ0n) is 9.12. The molecule has 1 saturated heterocycles. The van der Waals surface area contributed by atoms with Crippen LogP contribution in [0.1, 0.15) is 17.7 Å². The molecule has 0 spiro atoms. The van der Waals surface area contributed by atoms with Crippen LogP contribution in [0.4, 0.5) is 0 Å². The Kier molecular flexibility index (Phi) is 4.79. The maximum atomic E-state index is 5.76. The van der Waals surface area contributed by atoms with Crippen molar-refractivity contribution in [2.75, 3.05) is 13.1 Å². The lowest BCUT2D eigenvalue weighted by molar-refractivity contribution is 0.0504. The van der Waals surface area contributed by atoms with Crippen LogP contribution >= 0.6 is 27.3 Å². The lowest BCUT2D eigenvalue weighted by atomic mass is 10.2. The molecule has 2 atom stereocenters. The number of hydrogen-bond donors (Lipinski definition) is 2. The number of halogens is 1. The topological polar surface area (TPSA) is 47.3 Å². The van der Waals surface area contributed by atoms with Crippen LogP contribution < -0.4 is 11.1 Å². The summed E-state index contributed by atoms with van der Waals surface area (Å²) in [5, 5.41) is 5.53. The second kappa shape index (κ2) is 6.12. The highest BCUT2D eigenvalue weighted by Gasteiger charge is 2.23. The van der Waals surface area contributed by atoms with E-state index in [2.05, 4.69) is 32.7 Å². The van der Waals surface area contributed by atoms with Gasteiger partial charge in [-0.1, -0.05) is 0 Å². The maximum Gasteiger partial charge on any atom is 0.0704 e. The number of rotatable bonds is 5. The van der Waals surface area contributed by atoms with E-state index in [-0.39, 0.29) is 6.10 Å². The van der Waals surface area contributed by atoms with Gasteiger partial charge in [0.25, 0.3) is 0 Å². The van der Waals surface area contributed by atoms with Gasteiger partial charge in [-0.3, -0.25) is 0 Å². The van der Waals surface area contributed by atoms with Gasteiger partial charge in [0.1, 0.15) is 0 Å². The van der Waals surface area contributed by atoms with Crippen molar-refractivity contribution in [1.82, 2.24) is 5.32 Å². The third kappa shape index (κ3) is 3.53. The molecule has 0 bridgehead atoms. The number of hydrogen-bond acceptors (Lipinski definition) is 4. The number of nitrogens with two attached hydrogens (primary N) is 1. The Morgan fingerprint density at radius 3 is 2.94 bits per heavy atom. The average molecular weight is 305 g/mol. The molecule has 1 fully saturated rings. The van der Waals surface area contributed by atoms with Crippen LogP contribution in [0.3, 0.4) is 0 Å². The van der Waals surface area contributed by atoms with Crippen molar-refractivity contribution < 1.29 is 4.74 Å². The van der Waals surface area contributed by atoms with Crippen molar-refractivity contribution in [1.29, 1.82) is 0 Å². The summed E-state index contributed by atoms with van der Waals surface area (Å²) in [6.45, 7) is 2.49. The predicted octanol–water partition coefficient (Wildman–Crippen LogP) is 2.11. The Balaban J connectivity index is 1.65. The van der Waals surface area contributed by atoms with Gasteiger partial charge in [-0.2, -0.15) is 0 Å². The largest absolute Gasteiger partial charge is 0.372 e. The molecule has 3 N–H and O–H groups in total. The zero-order valence-corrected chi connectivity index (χ0v) is 11.5. The van der Waals surface area contributed by atoms with Gasteiger partial charge in [0, 0.05) is 34.4 Å². The van der Waals surface area contributed by atoms with E-state index < -0.39 is 0 Å². The molecule has 16 heavy (non-hydrogen) atoms. The van der Waals surface area contributed by atoms with Gasteiger partial charge in [0.05, 0.1) is 12.2 Å². The molecule has 1 aromatic heterocycles. The lowest BCUT2D eigenvalue weighted by Crippen LogP contribution is -2.28. The first-order valence-electron chi connectivity index (χ1n) is 5.57. The summed E-state index contributed by atoms with van der Waals surface area (Å²) in [5.41, 5.74) is 5.57. The van der Waals surface area contributed by atoms with Crippen LogP contribution in [0.15, 0.2) is 15.9 Å². The molecule has 3 nitrogen and oxygen atoms in total. The number of nitrogens with one attached hydrogen (secondary N) is 1. The second-order valence-electron chi connectivity index (χ2n) is 4.06. The normalized spacial score (nSPS) is 25.1. The first kappa shape index (κ1) is 12.5. The highest BCUT2D eigenvalue weighted by molar-refractivity contribution is 9.10. The molecule has 5 heteroatoms. The molecular weight excluding hydrogens is 288 g/mol. The SMILES string of the molecule is NCC1CCC(CNCc2cc(Br)cs2)O1. The average Bonchev–Trinajstić information content (AvgIpc) is 2.88. The Hall–Kier alpha value is 0.0600. The van der Waals surface area contributed by atoms with Crippen LogP contribution in [0.2, 0.25) is 0 Å². The van der Waals surface area contributed by atoms with Crippen LogP contribution in [0, 0.1) is 0 Å². The van der Waals surface area contributed by atoms with E-state index in [4.69, 9.17) is 10.5 Å². The summed E-state index contributed by atoms with van der Waals surface area (Å²) in [4.78, 5) is 1.35. The molecule has 0 amide bonds. The van der Waals surface area contributed by atoms with Crippen molar-refractivity contribution >= 4 is 27.3 Å². The molecule has 0 radical (unpaired) electrons. The van der Waals surface area contributed by atoms with Gasteiger partial charge in [0.15, 0.2) is 0 Å². The van der Waals surface area contributed by atoms with Crippen molar-refractivity contribution in [3.63, 3.8) is 0 Å². The van der Waals surface area contributed by atoms with Gasteiger partial charge < -0.3 is 15.8 Å². The molecule has 1 aliphatic rings. The Morgan fingerprint density at radius 1 is 1.50 bits per heavy atom. The van der Waals surface area contributed by atoms with Gasteiger partial charge >= 0.3 is 0 Å². The van der Waals surface area contributed by atoms with Gasteiger partial charge in [0.2, 0.25) is 0 Å². The molecule has 1 aromatic rings. The summed E-state index contributed by atoms with van der Waals surface area (Å²) < 4.78 is 6.92. The quantitative estimate of drug-likeness (QED) is 0.876. The van der Waals surface area contributed by atoms with E-state index in [1.54, 1.807) is 11.3 Å². The van der Waals surface area contributed by atoms with E-state index in [0.29, 0.717) is 12.6 Å². The van der Waals surface area contributed by atoms with E-state index >= 15 is 0 Å². The highest BCUT2D eigenvalue weighted by atomic mass is 79.9. The highest BCUT2D eigenvalue weighted by Crippen LogP contribution is 2.20. The van der Waals surface area contributed by atoms with Crippen LogP contribution in [-0.4, -0.2) is 25.3 Å². The summed E-state index contributed by atoms with van der Waals surface area (Å²) in [6, 6.07) is 2.15. The van der Waals surface area contributed by atoms with E-state index in [0.717, 1.165) is 30.4 Å². The van der Waals surface area contributed by atoms with Crippen LogP contribution in [0.25, 0.3) is 0 Å². The fourth-order valence-corrected chi connectivity index (χ4v) is 3.33. The molecule has 2 unspecified atom stereocenters. The fraction of sp³-hybridized carbons (Fsp3) is 0.636. The smallest absolute Gasteiger partial charge is 0.0704 e. The second-order valence-corrected chi connectivity index (χ2v) is 5.97. The molecule has 0 aliphatic carbocycles. The zero-order chi connectivity index (χ0) is 11.4. The molecule has 1 aliphatic heterocycles. The first-order chi connectivity index (χ1) is 7.78. The van der Waals surface area contributed by atoms with E-state index in [1.807, 2.05) is 0 Å². The monoisotopic (exact) mass is 304 g/mol. The van der Waals surface area contributed by atoms with Crippen LogP contribution in [0.5, 0.6) is 0 Å². The molecule has 2 rings (SSSR count). The van der Waals surface area contributed by atoms with E-state index in [9.17, 15) is 0 Å². The van der Waals surface area contributed by atoms with Crippen LogP contribution in [-0.2, 0) is 11.3 Å². The summed E-state index contributed by atoms with van der Waals surface area (Å²) in [7, 11) is 0. The third-order valence-corrected chi connectivity index (χ3v) is 4.45. The van der Waals surface area contributed by atoms with Crippen molar-refractivity contribution in [3.05, 3.63) is 20.8 Å². The molecule has 2 heterocycles. The number of thiophene rings is 1. The van der Waals surface area contributed by atoms with Crippen molar-refractivity contribution in [3.8, 4) is 0 Å². The van der Waals surface area contributed by atoms with Crippen molar-refractivity contribution in [2.45, 2.75) is 31.6 Å². The van der Waals surface area contributed by atoms with Gasteiger partial charge in [-0.25, -0.2) is 0 Å². The minimum Gasteiger partial charge on any atom is -0.372 e. The Bertz CT molecular complexity index is 332. The Labute approximate surface area is 108 Å².